The quantitative estimate of drug-likeness (QED) is 0.799. The number of aromatic nitrogens is 3. The summed E-state index contributed by atoms with van der Waals surface area (Å²) < 4.78 is 3.99. The van der Waals surface area contributed by atoms with Gasteiger partial charge < -0.3 is 9.67 Å². The molecule has 1 fully saturated rings. The predicted octanol–water partition coefficient (Wildman–Crippen LogP) is 3.86. The maximum absolute atomic E-state index is 11.6. The zero-order valence-electron chi connectivity index (χ0n) is 13.1. The van der Waals surface area contributed by atoms with Crippen LogP contribution in [-0.2, 0) is 7.05 Å². The Hall–Kier alpha value is -2.56. The van der Waals surface area contributed by atoms with Gasteiger partial charge in [-0.2, -0.15) is 5.10 Å². The third kappa shape index (κ3) is 2.32. The summed E-state index contributed by atoms with van der Waals surface area (Å²) in [4.78, 5) is 11.6. The molecule has 4 rings (SSSR count). The molecule has 0 atom stereocenters. The van der Waals surface area contributed by atoms with Crippen molar-refractivity contribution in [1.29, 1.82) is 0 Å². The number of carboxylic acids is 1. The number of aryl methyl sites for hydroxylation is 1. The molecule has 0 spiro atoms. The third-order valence-corrected chi connectivity index (χ3v) is 4.87. The second-order valence-corrected chi connectivity index (χ2v) is 6.34. The van der Waals surface area contributed by atoms with Gasteiger partial charge in [-0.05, 0) is 36.6 Å². The Morgan fingerprint density at radius 1 is 1.26 bits per heavy atom. The Labute approximate surface area is 134 Å². The van der Waals surface area contributed by atoms with E-state index in [4.69, 9.17) is 0 Å². The molecule has 1 aliphatic carbocycles. The van der Waals surface area contributed by atoms with Gasteiger partial charge >= 0.3 is 5.97 Å². The summed E-state index contributed by atoms with van der Waals surface area (Å²) in [6.45, 7) is 0. The zero-order chi connectivity index (χ0) is 16.0. The molecule has 0 radical (unpaired) electrons. The van der Waals surface area contributed by atoms with E-state index in [2.05, 4.69) is 5.10 Å². The molecule has 1 aromatic carbocycles. The molecule has 0 bridgehead atoms. The van der Waals surface area contributed by atoms with Gasteiger partial charge in [0, 0.05) is 35.9 Å². The second-order valence-electron chi connectivity index (χ2n) is 6.34. The monoisotopic (exact) mass is 309 g/mol. The number of hydrogen-bond donors (Lipinski definition) is 1. The van der Waals surface area contributed by atoms with Crippen LogP contribution in [0.4, 0.5) is 0 Å². The number of hydrogen-bond acceptors (Lipinski definition) is 2. The maximum atomic E-state index is 11.6. The first kappa shape index (κ1) is 14.1. The van der Waals surface area contributed by atoms with E-state index in [9.17, 15) is 9.90 Å². The van der Waals surface area contributed by atoms with Crippen molar-refractivity contribution in [3.8, 4) is 11.1 Å². The normalized spacial score (nSPS) is 15.5. The molecule has 0 amide bonds. The molecule has 1 aliphatic rings. The van der Waals surface area contributed by atoms with Gasteiger partial charge in [-0.3, -0.25) is 4.68 Å². The Morgan fingerprint density at radius 3 is 2.78 bits per heavy atom. The van der Waals surface area contributed by atoms with E-state index in [1.807, 2.05) is 47.0 Å². The number of fused-ring (bicyclic) bond motifs is 1. The molecule has 1 N–H and O–H groups in total. The van der Waals surface area contributed by atoms with E-state index in [1.54, 1.807) is 6.07 Å². The minimum atomic E-state index is -0.897. The third-order valence-electron chi connectivity index (χ3n) is 4.87. The van der Waals surface area contributed by atoms with Crippen molar-refractivity contribution in [2.45, 2.75) is 31.7 Å². The van der Waals surface area contributed by atoms with Crippen LogP contribution in [0.2, 0.25) is 0 Å². The summed E-state index contributed by atoms with van der Waals surface area (Å²) >= 11 is 0. The van der Waals surface area contributed by atoms with Gasteiger partial charge in [0.1, 0.15) is 0 Å². The van der Waals surface area contributed by atoms with Crippen LogP contribution >= 0.6 is 0 Å². The molecule has 0 saturated heterocycles. The highest BCUT2D eigenvalue weighted by molar-refractivity contribution is 6.05. The van der Waals surface area contributed by atoms with E-state index < -0.39 is 5.97 Å². The van der Waals surface area contributed by atoms with Crippen molar-refractivity contribution in [3.05, 3.63) is 42.4 Å². The average Bonchev–Trinajstić information content (AvgIpc) is 3.26. The van der Waals surface area contributed by atoms with Crippen LogP contribution in [0, 0.1) is 0 Å². The van der Waals surface area contributed by atoms with E-state index in [0.29, 0.717) is 11.6 Å². The largest absolute Gasteiger partial charge is 0.478 e. The fourth-order valence-electron chi connectivity index (χ4n) is 3.57. The van der Waals surface area contributed by atoms with Crippen LogP contribution in [0.25, 0.3) is 22.0 Å². The molecule has 2 aromatic heterocycles. The highest BCUT2D eigenvalue weighted by Crippen LogP contribution is 2.32. The molecule has 5 nitrogen and oxygen atoms in total. The topological polar surface area (TPSA) is 60.1 Å². The maximum Gasteiger partial charge on any atom is 0.336 e. The van der Waals surface area contributed by atoms with Gasteiger partial charge in [-0.15, -0.1) is 0 Å². The summed E-state index contributed by atoms with van der Waals surface area (Å²) in [6.07, 6.45) is 10.7. The summed E-state index contributed by atoms with van der Waals surface area (Å²) in [5.74, 6) is -0.897. The number of carboxylic acid groups (broad SMARTS) is 1. The minimum Gasteiger partial charge on any atom is -0.478 e. The van der Waals surface area contributed by atoms with Gasteiger partial charge in [-0.1, -0.05) is 12.8 Å². The van der Waals surface area contributed by atoms with Crippen LogP contribution < -0.4 is 0 Å². The van der Waals surface area contributed by atoms with Crippen LogP contribution in [0.3, 0.4) is 0 Å². The molecule has 3 aromatic rings. The van der Waals surface area contributed by atoms with Crippen LogP contribution in [-0.4, -0.2) is 25.4 Å². The molecular weight excluding hydrogens is 290 g/mol. The second kappa shape index (κ2) is 5.26. The van der Waals surface area contributed by atoms with Crippen LogP contribution in [0.1, 0.15) is 42.1 Å². The van der Waals surface area contributed by atoms with E-state index in [0.717, 1.165) is 22.0 Å². The SMILES string of the molecule is Cn1ccc2c(C(=O)O)cc(-c3cnn(C4CCCC4)c3)cc21. The van der Waals surface area contributed by atoms with E-state index >= 15 is 0 Å². The molecule has 0 unspecified atom stereocenters. The van der Waals surface area contributed by atoms with Crippen LogP contribution in [0.15, 0.2) is 36.8 Å². The lowest BCUT2D eigenvalue weighted by Crippen LogP contribution is -2.04. The van der Waals surface area contributed by atoms with Crippen molar-refractivity contribution in [2.75, 3.05) is 0 Å². The Bertz CT molecular complexity index is 885. The number of benzene rings is 1. The lowest BCUT2D eigenvalue weighted by Gasteiger charge is -2.09. The lowest BCUT2D eigenvalue weighted by molar-refractivity contribution is 0.0699. The van der Waals surface area contributed by atoms with Crippen molar-refractivity contribution in [2.24, 2.45) is 7.05 Å². The Kier molecular flexibility index (Phi) is 3.22. The molecule has 1 saturated carbocycles. The van der Waals surface area contributed by atoms with Gasteiger partial charge in [0.15, 0.2) is 0 Å². The number of nitrogens with zero attached hydrogens (tertiary/aromatic N) is 3. The summed E-state index contributed by atoms with van der Waals surface area (Å²) in [6, 6.07) is 6.13. The number of carbonyl (C=O) groups is 1. The molecule has 23 heavy (non-hydrogen) atoms. The number of aromatic carboxylic acids is 1. The van der Waals surface area contributed by atoms with Gasteiger partial charge in [0.05, 0.1) is 17.8 Å². The smallest absolute Gasteiger partial charge is 0.336 e. The van der Waals surface area contributed by atoms with Crippen molar-refractivity contribution >= 4 is 16.9 Å². The first-order valence-electron chi connectivity index (χ1n) is 8.00. The number of rotatable bonds is 3. The predicted molar refractivity (Wildman–Crippen MR) is 88.6 cm³/mol. The molecule has 0 aliphatic heterocycles. The lowest BCUT2D eigenvalue weighted by atomic mass is 10.0. The standard InChI is InChI=1S/C18H19N3O2/c1-20-7-6-15-16(18(22)23)8-12(9-17(15)20)13-10-19-21(11-13)14-4-2-3-5-14/h6-11,14H,2-5H2,1H3,(H,22,23). The minimum absolute atomic E-state index is 0.340. The highest BCUT2D eigenvalue weighted by atomic mass is 16.4. The fourth-order valence-corrected chi connectivity index (χ4v) is 3.57. The zero-order valence-corrected chi connectivity index (χ0v) is 13.1. The molecular formula is C18H19N3O2. The van der Waals surface area contributed by atoms with E-state index in [-0.39, 0.29) is 0 Å². The first-order valence-corrected chi connectivity index (χ1v) is 8.00. The first-order chi connectivity index (χ1) is 11.1. The Balaban J connectivity index is 1.82. The molecule has 5 heteroatoms. The van der Waals surface area contributed by atoms with Gasteiger partial charge in [0.2, 0.25) is 0 Å². The summed E-state index contributed by atoms with van der Waals surface area (Å²) in [5, 5.41) is 14.8. The summed E-state index contributed by atoms with van der Waals surface area (Å²) in [5.41, 5.74) is 3.14. The summed E-state index contributed by atoms with van der Waals surface area (Å²) in [7, 11) is 1.93. The highest BCUT2D eigenvalue weighted by Gasteiger charge is 2.19. The van der Waals surface area contributed by atoms with Gasteiger partial charge in [0.25, 0.3) is 0 Å². The van der Waals surface area contributed by atoms with Crippen LogP contribution in [0.5, 0.6) is 0 Å². The van der Waals surface area contributed by atoms with E-state index in [1.165, 1.54) is 25.7 Å². The molecule has 118 valence electrons. The Morgan fingerprint density at radius 2 is 2.04 bits per heavy atom. The average molecular weight is 309 g/mol. The van der Waals surface area contributed by atoms with Crippen molar-refractivity contribution in [1.82, 2.24) is 14.3 Å². The fraction of sp³-hybridized carbons (Fsp3) is 0.333. The van der Waals surface area contributed by atoms with Gasteiger partial charge in [-0.25, -0.2) is 4.79 Å². The van der Waals surface area contributed by atoms with Crippen molar-refractivity contribution in [3.63, 3.8) is 0 Å². The molecule has 2 heterocycles. The van der Waals surface area contributed by atoms with Crippen molar-refractivity contribution < 1.29 is 9.90 Å².